The summed E-state index contributed by atoms with van der Waals surface area (Å²) in [4.78, 5) is -0.465. The second-order valence-electron chi connectivity index (χ2n) is 5.99. The Morgan fingerprint density at radius 2 is 1.64 bits per heavy atom. The lowest BCUT2D eigenvalue weighted by atomic mass is 10.1. The molecule has 0 saturated carbocycles. The van der Waals surface area contributed by atoms with Gasteiger partial charge in [-0.1, -0.05) is 50.8 Å². The minimum absolute atomic E-state index is 0.280. The Balaban J connectivity index is 2.05. The molecule has 0 radical (unpaired) electrons. The van der Waals surface area contributed by atoms with E-state index in [1.165, 1.54) is 49.4 Å². The van der Waals surface area contributed by atoms with Gasteiger partial charge in [0.05, 0.1) is 0 Å². The number of rotatable bonds is 9. The van der Waals surface area contributed by atoms with Crippen LogP contribution >= 0.6 is 0 Å². The first-order valence-corrected chi connectivity index (χ1v) is 9.92. The second kappa shape index (κ2) is 8.87. The van der Waals surface area contributed by atoms with Crippen molar-refractivity contribution in [3.63, 3.8) is 0 Å². The van der Waals surface area contributed by atoms with Gasteiger partial charge in [0.2, 0.25) is 0 Å². The Morgan fingerprint density at radius 1 is 0.960 bits per heavy atom. The Morgan fingerprint density at radius 3 is 2.28 bits per heavy atom. The van der Waals surface area contributed by atoms with Crippen molar-refractivity contribution >= 4 is 10.1 Å². The van der Waals surface area contributed by atoms with Crippen LogP contribution in [0.2, 0.25) is 0 Å². The number of hydrogen-bond donors (Lipinski definition) is 2. The van der Waals surface area contributed by atoms with E-state index in [-0.39, 0.29) is 11.5 Å². The SMILES string of the molecule is CCCCCCCc1ccc(Oc2c(O)cccc2S(=O)(=O)O)cc1. The van der Waals surface area contributed by atoms with Crippen LogP contribution in [-0.4, -0.2) is 18.1 Å². The van der Waals surface area contributed by atoms with E-state index in [1.54, 1.807) is 12.1 Å². The molecule has 0 heterocycles. The van der Waals surface area contributed by atoms with Crippen molar-refractivity contribution in [1.29, 1.82) is 0 Å². The fourth-order valence-corrected chi connectivity index (χ4v) is 3.22. The molecule has 0 amide bonds. The first-order valence-electron chi connectivity index (χ1n) is 8.48. The molecule has 0 aliphatic rings. The first-order chi connectivity index (χ1) is 11.9. The Hall–Kier alpha value is -2.05. The molecule has 0 atom stereocenters. The summed E-state index contributed by atoms with van der Waals surface area (Å²) in [6, 6.07) is 11.1. The zero-order chi connectivity index (χ0) is 18.3. The molecular weight excluding hydrogens is 340 g/mol. The minimum atomic E-state index is -4.49. The highest BCUT2D eigenvalue weighted by Crippen LogP contribution is 2.36. The molecule has 5 nitrogen and oxygen atoms in total. The van der Waals surface area contributed by atoms with E-state index in [0.717, 1.165) is 12.8 Å². The van der Waals surface area contributed by atoms with Gasteiger partial charge in [0.1, 0.15) is 10.6 Å². The van der Waals surface area contributed by atoms with Gasteiger partial charge in [-0.05, 0) is 42.7 Å². The van der Waals surface area contributed by atoms with Crippen molar-refractivity contribution < 1.29 is 22.8 Å². The first kappa shape index (κ1) is 19.3. The number of aryl methyl sites for hydroxylation is 1. The van der Waals surface area contributed by atoms with Crippen molar-refractivity contribution in [2.45, 2.75) is 50.3 Å². The number of phenols is 1. The van der Waals surface area contributed by atoms with Crippen LogP contribution in [0.25, 0.3) is 0 Å². The third-order valence-electron chi connectivity index (χ3n) is 3.95. The van der Waals surface area contributed by atoms with Crippen LogP contribution in [0.15, 0.2) is 47.4 Å². The highest BCUT2D eigenvalue weighted by atomic mass is 32.2. The largest absolute Gasteiger partial charge is 0.504 e. The Bertz CT molecular complexity index is 782. The maximum atomic E-state index is 11.4. The van der Waals surface area contributed by atoms with Gasteiger partial charge < -0.3 is 9.84 Å². The number of unbranched alkanes of at least 4 members (excludes halogenated alkanes) is 4. The third kappa shape index (κ3) is 5.76. The molecule has 2 aromatic carbocycles. The minimum Gasteiger partial charge on any atom is -0.504 e. The molecule has 2 aromatic rings. The van der Waals surface area contributed by atoms with E-state index >= 15 is 0 Å². The van der Waals surface area contributed by atoms with E-state index in [9.17, 15) is 18.1 Å². The maximum absolute atomic E-state index is 11.4. The summed E-state index contributed by atoms with van der Waals surface area (Å²) in [5, 5.41) is 9.86. The van der Waals surface area contributed by atoms with Crippen LogP contribution < -0.4 is 4.74 Å². The number of hydrogen-bond acceptors (Lipinski definition) is 4. The average Bonchev–Trinajstić information content (AvgIpc) is 2.57. The lowest BCUT2D eigenvalue weighted by Crippen LogP contribution is -2.01. The summed E-state index contributed by atoms with van der Waals surface area (Å²) >= 11 is 0. The van der Waals surface area contributed by atoms with Crippen LogP contribution in [0.3, 0.4) is 0 Å². The number of phenolic OH excluding ortho intramolecular Hbond substituents is 1. The molecule has 0 fully saturated rings. The van der Waals surface area contributed by atoms with Crippen LogP contribution in [0.1, 0.15) is 44.6 Å². The standard InChI is InChI=1S/C19H24O5S/c1-2-3-4-5-6-8-15-11-13-16(14-12-15)24-19-17(20)9-7-10-18(19)25(21,22)23/h7,9-14,20H,2-6,8H2,1H3,(H,21,22,23). The van der Waals surface area contributed by atoms with Crippen LogP contribution in [0.4, 0.5) is 0 Å². The molecule has 136 valence electrons. The number of ether oxygens (including phenoxy) is 1. The smallest absolute Gasteiger partial charge is 0.298 e. The van der Waals surface area contributed by atoms with E-state index in [2.05, 4.69) is 6.92 Å². The van der Waals surface area contributed by atoms with Gasteiger partial charge in [-0.15, -0.1) is 0 Å². The van der Waals surface area contributed by atoms with Gasteiger partial charge in [-0.3, -0.25) is 4.55 Å². The summed E-state index contributed by atoms with van der Waals surface area (Å²) < 4.78 is 37.6. The highest BCUT2D eigenvalue weighted by Gasteiger charge is 2.20. The van der Waals surface area contributed by atoms with Gasteiger partial charge in [-0.25, -0.2) is 0 Å². The Labute approximate surface area is 149 Å². The van der Waals surface area contributed by atoms with Crippen LogP contribution in [0, 0.1) is 0 Å². The number of benzene rings is 2. The summed E-state index contributed by atoms with van der Waals surface area (Å²) in [5.41, 5.74) is 1.18. The monoisotopic (exact) mass is 364 g/mol. The van der Waals surface area contributed by atoms with Gasteiger partial charge >= 0.3 is 0 Å². The molecule has 0 aliphatic heterocycles. The predicted molar refractivity (Wildman–Crippen MR) is 96.9 cm³/mol. The van der Waals surface area contributed by atoms with Gasteiger partial charge in [-0.2, -0.15) is 8.42 Å². The molecule has 0 aliphatic carbocycles. The van der Waals surface area contributed by atoms with Crippen molar-refractivity contribution in [1.82, 2.24) is 0 Å². The van der Waals surface area contributed by atoms with E-state index < -0.39 is 15.0 Å². The molecule has 2 rings (SSSR count). The van der Waals surface area contributed by atoms with Gasteiger partial charge in [0.15, 0.2) is 11.5 Å². The quantitative estimate of drug-likeness (QED) is 0.486. The summed E-state index contributed by atoms with van der Waals surface area (Å²) in [7, 11) is -4.49. The van der Waals surface area contributed by atoms with E-state index in [1.807, 2.05) is 12.1 Å². The normalized spacial score (nSPS) is 11.4. The van der Waals surface area contributed by atoms with Crippen LogP contribution in [-0.2, 0) is 16.5 Å². The summed E-state index contributed by atoms with van der Waals surface area (Å²) in [6.45, 7) is 2.19. The van der Waals surface area contributed by atoms with E-state index in [0.29, 0.717) is 5.75 Å². The average molecular weight is 364 g/mol. The topological polar surface area (TPSA) is 83.8 Å². The van der Waals surface area contributed by atoms with Crippen LogP contribution in [0.5, 0.6) is 17.2 Å². The second-order valence-corrected chi connectivity index (χ2v) is 7.38. The summed E-state index contributed by atoms with van der Waals surface area (Å²) in [5.74, 6) is -0.242. The molecule has 0 bridgehead atoms. The molecule has 0 spiro atoms. The fraction of sp³-hybridized carbons (Fsp3) is 0.368. The zero-order valence-corrected chi connectivity index (χ0v) is 15.1. The fourth-order valence-electron chi connectivity index (χ4n) is 2.58. The van der Waals surface area contributed by atoms with Crippen molar-refractivity contribution in [2.75, 3.05) is 0 Å². The highest BCUT2D eigenvalue weighted by molar-refractivity contribution is 7.86. The Kier molecular flexibility index (Phi) is 6.84. The van der Waals surface area contributed by atoms with Crippen molar-refractivity contribution in [3.8, 4) is 17.2 Å². The van der Waals surface area contributed by atoms with Gasteiger partial charge in [0, 0.05) is 0 Å². The molecule has 25 heavy (non-hydrogen) atoms. The van der Waals surface area contributed by atoms with E-state index in [4.69, 9.17) is 4.74 Å². The molecular formula is C19H24O5S. The molecule has 0 unspecified atom stereocenters. The van der Waals surface area contributed by atoms with Gasteiger partial charge in [0.25, 0.3) is 10.1 Å². The lowest BCUT2D eigenvalue weighted by Gasteiger charge is -2.11. The third-order valence-corrected chi connectivity index (χ3v) is 4.83. The van der Waals surface area contributed by atoms with Crippen molar-refractivity contribution in [3.05, 3.63) is 48.0 Å². The number of aromatic hydroxyl groups is 1. The summed E-state index contributed by atoms with van der Waals surface area (Å²) in [6.07, 6.45) is 7.07. The number of para-hydroxylation sites is 1. The molecule has 0 saturated heterocycles. The maximum Gasteiger partial charge on any atom is 0.298 e. The predicted octanol–water partition coefficient (Wildman–Crippen LogP) is 4.94. The molecule has 2 N–H and O–H groups in total. The molecule has 0 aromatic heterocycles. The molecule has 6 heteroatoms. The van der Waals surface area contributed by atoms with Crippen molar-refractivity contribution in [2.24, 2.45) is 0 Å². The lowest BCUT2D eigenvalue weighted by molar-refractivity contribution is 0.397. The zero-order valence-electron chi connectivity index (χ0n) is 14.3.